The van der Waals surface area contributed by atoms with Crippen molar-refractivity contribution in [2.45, 2.75) is 36.4 Å². The molecule has 2 unspecified atom stereocenters. The Hall–Kier alpha value is -0.630. The Morgan fingerprint density at radius 2 is 2.13 bits per heavy atom. The van der Waals surface area contributed by atoms with Gasteiger partial charge in [-0.2, -0.15) is 0 Å². The third kappa shape index (κ3) is 1.87. The molecule has 0 bridgehead atoms. The van der Waals surface area contributed by atoms with Gasteiger partial charge in [0, 0.05) is 5.92 Å². The smallest absolute Gasteiger partial charge is 0.137 e. The van der Waals surface area contributed by atoms with E-state index in [0.29, 0.717) is 5.92 Å². The molecule has 2 rings (SSSR count). The van der Waals surface area contributed by atoms with Crippen LogP contribution in [0, 0.1) is 0 Å². The highest BCUT2D eigenvalue weighted by atomic mass is 79.9. The van der Waals surface area contributed by atoms with E-state index >= 15 is 0 Å². The number of benzene rings is 1. The Kier molecular flexibility index (Phi) is 2.96. The fraction of sp³-hybridized carbons (Fsp3) is 0.462. The number of aldehydes is 1. The number of halogens is 1. The average Bonchev–Trinajstić information content (AvgIpc) is 2.27. The molecule has 1 aromatic rings. The van der Waals surface area contributed by atoms with Crippen LogP contribution in [0.5, 0.6) is 0 Å². The zero-order chi connectivity index (χ0) is 10.9. The zero-order valence-corrected chi connectivity index (χ0v) is 10.5. The summed E-state index contributed by atoms with van der Waals surface area (Å²) in [5.74, 6) is 0.362. The molecule has 1 aliphatic rings. The molecule has 0 radical (unpaired) electrons. The van der Waals surface area contributed by atoms with Crippen LogP contribution < -0.4 is 0 Å². The van der Waals surface area contributed by atoms with Crippen LogP contribution in [0.25, 0.3) is 0 Å². The molecule has 0 heterocycles. The van der Waals surface area contributed by atoms with E-state index in [-0.39, 0.29) is 4.32 Å². The van der Waals surface area contributed by atoms with Gasteiger partial charge in [0.1, 0.15) is 6.29 Å². The van der Waals surface area contributed by atoms with Gasteiger partial charge in [-0.3, -0.25) is 0 Å². The third-order valence-corrected chi connectivity index (χ3v) is 4.52. The highest BCUT2D eigenvalue weighted by Gasteiger charge is 2.45. The molecule has 0 spiro atoms. The van der Waals surface area contributed by atoms with E-state index in [9.17, 15) is 4.79 Å². The van der Waals surface area contributed by atoms with Gasteiger partial charge >= 0.3 is 0 Å². The van der Waals surface area contributed by atoms with Crippen molar-refractivity contribution in [3.8, 4) is 0 Å². The van der Waals surface area contributed by atoms with E-state index in [0.717, 1.165) is 25.5 Å². The minimum absolute atomic E-state index is 0.291. The molecule has 2 atom stereocenters. The molecule has 0 aromatic heterocycles. The minimum atomic E-state index is -0.291. The molecule has 1 aliphatic carbocycles. The summed E-state index contributed by atoms with van der Waals surface area (Å²) >= 11 is 3.54. The van der Waals surface area contributed by atoms with E-state index in [4.69, 9.17) is 0 Å². The summed E-state index contributed by atoms with van der Waals surface area (Å²) < 4.78 is -0.291. The quantitative estimate of drug-likeness (QED) is 0.605. The van der Waals surface area contributed by atoms with Crippen molar-refractivity contribution in [3.05, 3.63) is 35.4 Å². The molecule has 80 valence electrons. The van der Waals surface area contributed by atoms with Crippen LogP contribution >= 0.6 is 15.9 Å². The summed E-state index contributed by atoms with van der Waals surface area (Å²) in [6, 6.07) is 8.63. The first kappa shape index (κ1) is 10.9. The summed E-state index contributed by atoms with van der Waals surface area (Å²) in [5, 5.41) is 0. The van der Waals surface area contributed by atoms with Gasteiger partial charge in [0.15, 0.2) is 0 Å². The second-order valence-corrected chi connectivity index (χ2v) is 5.71. The SMILES string of the molecule is CCc1ccc(C2CCC2(Br)C=O)cc1. The summed E-state index contributed by atoms with van der Waals surface area (Å²) in [6.45, 7) is 2.15. The second-order valence-electron chi connectivity index (χ2n) is 4.23. The summed E-state index contributed by atoms with van der Waals surface area (Å²) in [6.07, 6.45) is 4.18. The maximum Gasteiger partial charge on any atom is 0.137 e. The van der Waals surface area contributed by atoms with Crippen LogP contribution in [-0.4, -0.2) is 10.6 Å². The molecular weight excluding hydrogens is 252 g/mol. The topological polar surface area (TPSA) is 17.1 Å². The molecule has 1 nitrogen and oxygen atoms in total. The van der Waals surface area contributed by atoms with Crippen LogP contribution in [0.2, 0.25) is 0 Å². The van der Waals surface area contributed by atoms with Gasteiger partial charge in [0.05, 0.1) is 4.32 Å². The predicted octanol–water partition coefficient (Wildman–Crippen LogP) is 3.46. The maximum absolute atomic E-state index is 11.0. The lowest BCUT2D eigenvalue weighted by Crippen LogP contribution is -2.40. The van der Waals surface area contributed by atoms with E-state index < -0.39 is 0 Å². The third-order valence-electron chi connectivity index (χ3n) is 3.38. The first-order valence-electron chi connectivity index (χ1n) is 5.43. The van der Waals surface area contributed by atoms with Crippen molar-refractivity contribution in [3.63, 3.8) is 0 Å². The lowest BCUT2D eigenvalue weighted by molar-refractivity contribution is -0.111. The molecular formula is C13H15BrO. The number of carbonyl (C=O) groups excluding carboxylic acids is 1. The van der Waals surface area contributed by atoms with E-state index in [1.807, 2.05) is 0 Å². The summed E-state index contributed by atoms with van der Waals surface area (Å²) in [7, 11) is 0. The Morgan fingerprint density at radius 1 is 1.47 bits per heavy atom. The normalized spacial score (nSPS) is 29.6. The van der Waals surface area contributed by atoms with Crippen molar-refractivity contribution < 1.29 is 4.79 Å². The molecule has 0 aliphatic heterocycles. The standard InChI is InChI=1S/C13H15BrO/c1-2-10-3-5-11(6-4-10)12-7-8-13(12,14)9-15/h3-6,9,12H,2,7-8H2,1H3. The van der Waals surface area contributed by atoms with E-state index in [1.54, 1.807) is 0 Å². The molecule has 2 heteroatoms. The average molecular weight is 267 g/mol. The van der Waals surface area contributed by atoms with Gasteiger partial charge in [-0.15, -0.1) is 0 Å². The molecule has 0 saturated heterocycles. The molecule has 15 heavy (non-hydrogen) atoms. The monoisotopic (exact) mass is 266 g/mol. The molecule has 0 N–H and O–H groups in total. The van der Waals surface area contributed by atoms with Crippen molar-refractivity contribution in [2.24, 2.45) is 0 Å². The zero-order valence-electron chi connectivity index (χ0n) is 8.87. The number of rotatable bonds is 3. The fourth-order valence-corrected chi connectivity index (χ4v) is 2.86. The van der Waals surface area contributed by atoms with Gasteiger partial charge in [0.25, 0.3) is 0 Å². The van der Waals surface area contributed by atoms with Gasteiger partial charge in [-0.1, -0.05) is 47.1 Å². The predicted molar refractivity (Wildman–Crippen MR) is 65.5 cm³/mol. The maximum atomic E-state index is 11.0. The molecule has 1 aromatic carbocycles. The molecule has 1 saturated carbocycles. The highest BCUT2D eigenvalue weighted by molar-refractivity contribution is 9.10. The number of alkyl halides is 1. The van der Waals surface area contributed by atoms with Gasteiger partial charge < -0.3 is 4.79 Å². The van der Waals surface area contributed by atoms with Crippen LogP contribution in [0.15, 0.2) is 24.3 Å². The van der Waals surface area contributed by atoms with Gasteiger partial charge in [-0.05, 0) is 30.4 Å². The lowest BCUT2D eigenvalue weighted by atomic mass is 9.70. The Bertz CT molecular complexity index is 357. The highest BCUT2D eigenvalue weighted by Crippen LogP contribution is 2.50. The first-order chi connectivity index (χ1) is 7.19. The number of aryl methyl sites for hydroxylation is 1. The Morgan fingerprint density at radius 3 is 2.53 bits per heavy atom. The number of hydrogen-bond acceptors (Lipinski definition) is 1. The minimum Gasteiger partial charge on any atom is -0.302 e. The first-order valence-corrected chi connectivity index (χ1v) is 6.23. The Labute approximate surface area is 99.0 Å². The van der Waals surface area contributed by atoms with Crippen molar-refractivity contribution >= 4 is 22.2 Å². The van der Waals surface area contributed by atoms with Gasteiger partial charge in [-0.25, -0.2) is 0 Å². The van der Waals surface area contributed by atoms with Crippen LogP contribution in [0.1, 0.15) is 36.8 Å². The van der Waals surface area contributed by atoms with Crippen molar-refractivity contribution in [1.82, 2.24) is 0 Å². The number of carbonyl (C=O) groups is 1. The summed E-state index contributed by atoms with van der Waals surface area (Å²) in [4.78, 5) is 11.0. The van der Waals surface area contributed by atoms with Crippen LogP contribution in [-0.2, 0) is 11.2 Å². The lowest BCUT2D eigenvalue weighted by Gasteiger charge is -2.41. The van der Waals surface area contributed by atoms with Crippen molar-refractivity contribution in [2.75, 3.05) is 0 Å². The van der Waals surface area contributed by atoms with Crippen molar-refractivity contribution in [1.29, 1.82) is 0 Å². The summed E-state index contributed by atoms with van der Waals surface area (Å²) in [5.41, 5.74) is 2.63. The molecule has 1 fully saturated rings. The Balaban J connectivity index is 2.20. The largest absolute Gasteiger partial charge is 0.302 e. The fourth-order valence-electron chi connectivity index (χ4n) is 2.13. The van der Waals surface area contributed by atoms with Crippen LogP contribution in [0.4, 0.5) is 0 Å². The van der Waals surface area contributed by atoms with Crippen LogP contribution in [0.3, 0.4) is 0 Å². The van der Waals surface area contributed by atoms with E-state index in [2.05, 4.69) is 47.1 Å². The van der Waals surface area contributed by atoms with Gasteiger partial charge in [0.2, 0.25) is 0 Å². The number of hydrogen-bond donors (Lipinski definition) is 0. The molecule has 0 amide bonds. The second kappa shape index (κ2) is 4.09. The van der Waals surface area contributed by atoms with E-state index in [1.165, 1.54) is 11.1 Å².